The van der Waals surface area contributed by atoms with Gasteiger partial charge >= 0.3 is 6.03 Å². The van der Waals surface area contributed by atoms with Gasteiger partial charge in [0.1, 0.15) is 29.0 Å². The normalized spacial score (nSPS) is 12.6. The summed E-state index contributed by atoms with van der Waals surface area (Å²) in [5, 5.41) is -0.114. The molecule has 1 aliphatic rings. The molecular formula is C25H24ClF2N3O3. The van der Waals surface area contributed by atoms with Crippen molar-refractivity contribution in [2.45, 2.75) is 26.5 Å². The van der Waals surface area contributed by atoms with Crippen molar-refractivity contribution in [3.63, 3.8) is 0 Å². The zero-order valence-electron chi connectivity index (χ0n) is 19.1. The molecule has 0 radical (unpaired) electrons. The molecule has 2 amide bonds. The van der Waals surface area contributed by atoms with Crippen LogP contribution in [0.25, 0.3) is 0 Å². The van der Waals surface area contributed by atoms with Crippen LogP contribution in [0.3, 0.4) is 0 Å². The third-order valence-electron chi connectivity index (χ3n) is 5.81. The number of urea groups is 1. The van der Waals surface area contributed by atoms with Crippen molar-refractivity contribution in [3.05, 3.63) is 91.9 Å². The fourth-order valence-electron chi connectivity index (χ4n) is 3.99. The van der Waals surface area contributed by atoms with Crippen LogP contribution in [0.5, 0.6) is 5.75 Å². The number of carbonyl (C=O) groups excluding carboxylic acids is 1. The van der Waals surface area contributed by atoms with E-state index in [1.54, 1.807) is 36.9 Å². The number of aryl methyl sites for hydroxylation is 1. The Kier molecular flexibility index (Phi) is 6.61. The zero-order chi connectivity index (χ0) is 24.6. The van der Waals surface area contributed by atoms with Gasteiger partial charge in [0, 0.05) is 49.7 Å². The van der Waals surface area contributed by atoms with Gasteiger partial charge in [0.25, 0.3) is 5.56 Å². The molecule has 0 unspecified atom stereocenters. The van der Waals surface area contributed by atoms with Crippen LogP contribution in [0, 0.1) is 18.6 Å². The summed E-state index contributed by atoms with van der Waals surface area (Å²) in [7, 11) is 3.44. The molecule has 0 saturated heterocycles. The Labute approximate surface area is 200 Å². The molecule has 0 bridgehead atoms. The number of amides is 2. The first kappa shape index (κ1) is 23.8. The molecule has 178 valence electrons. The predicted octanol–water partition coefficient (Wildman–Crippen LogP) is 4.76. The van der Waals surface area contributed by atoms with Gasteiger partial charge in [-0.25, -0.2) is 13.6 Å². The van der Waals surface area contributed by atoms with E-state index in [1.165, 1.54) is 10.6 Å². The van der Waals surface area contributed by atoms with Crippen LogP contribution in [0.2, 0.25) is 5.02 Å². The molecule has 6 nitrogen and oxygen atoms in total. The van der Waals surface area contributed by atoms with E-state index in [1.807, 2.05) is 18.2 Å². The minimum absolute atomic E-state index is 0.0681. The Bertz CT molecular complexity index is 1320. The molecule has 1 aliphatic heterocycles. The zero-order valence-corrected chi connectivity index (χ0v) is 19.8. The first-order valence-corrected chi connectivity index (χ1v) is 11.1. The van der Waals surface area contributed by atoms with Crippen LogP contribution in [0.4, 0.5) is 19.3 Å². The second-order valence-electron chi connectivity index (χ2n) is 8.42. The Hall–Kier alpha value is -3.39. The quantitative estimate of drug-likeness (QED) is 0.521. The van der Waals surface area contributed by atoms with Gasteiger partial charge in [-0.3, -0.25) is 9.69 Å². The van der Waals surface area contributed by atoms with Crippen LogP contribution in [-0.2, 0) is 19.6 Å². The Balaban J connectivity index is 1.54. The summed E-state index contributed by atoms with van der Waals surface area (Å²) in [6.07, 6.45) is 0.740. The van der Waals surface area contributed by atoms with Crippen LogP contribution in [-0.4, -0.2) is 36.1 Å². The third-order valence-corrected chi connectivity index (χ3v) is 6.15. The molecular weight excluding hydrogens is 464 g/mol. The number of carbonyl (C=O) groups is 1. The molecule has 0 saturated carbocycles. The van der Waals surface area contributed by atoms with Gasteiger partial charge in [0.05, 0.1) is 6.54 Å². The highest BCUT2D eigenvalue weighted by molar-refractivity contribution is 6.31. The van der Waals surface area contributed by atoms with E-state index in [-0.39, 0.29) is 29.0 Å². The number of pyridine rings is 1. The lowest BCUT2D eigenvalue weighted by Gasteiger charge is -2.22. The standard InChI is InChI=1S/C25H24ClF2N3O3/c1-15-10-22(34-14-18-5-6-19(27)12-20(18)28)23(26)24(32)31(15)13-16-4-7-21-17(11-16)8-9-30(21)25(33)29(2)3/h4-7,10-12H,8-9,13-14H2,1-3H3. The number of hydrogen-bond acceptors (Lipinski definition) is 3. The number of fused-ring (bicyclic) bond motifs is 1. The number of halogens is 3. The van der Waals surface area contributed by atoms with Crippen molar-refractivity contribution in [2.24, 2.45) is 0 Å². The molecule has 0 atom stereocenters. The summed E-state index contributed by atoms with van der Waals surface area (Å²) in [4.78, 5) is 28.6. The maximum Gasteiger partial charge on any atom is 0.323 e. The number of anilines is 1. The minimum atomic E-state index is -0.733. The molecule has 0 spiro atoms. The van der Waals surface area contributed by atoms with Gasteiger partial charge in [0.15, 0.2) is 0 Å². The molecule has 0 N–H and O–H groups in total. The Morgan fingerprint density at radius 2 is 1.91 bits per heavy atom. The highest BCUT2D eigenvalue weighted by Gasteiger charge is 2.26. The smallest absolute Gasteiger partial charge is 0.323 e. The first-order chi connectivity index (χ1) is 16.2. The van der Waals surface area contributed by atoms with E-state index in [0.717, 1.165) is 35.4 Å². The van der Waals surface area contributed by atoms with Gasteiger partial charge in [-0.2, -0.15) is 0 Å². The number of nitrogens with zero attached hydrogens (tertiary/aromatic N) is 3. The molecule has 4 rings (SSSR count). The molecule has 2 heterocycles. The van der Waals surface area contributed by atoms with Crippen molar-refractivity contribution < 1.29 is 18.3 Å². The second-order valence-corrected chi connectivity index (χ2v) is 8.80. The fourth-order valence-corrected chi connectivity index (χ4v) is 4.20. The van der Waals surface area contributed by atoms with Gasteiger partial charge in [-0.05, 0) is 42.7 Å². The third kappa shape index (κ3) is 4.63. The van der Waals surface area contributed by atoms with Gasteiger partial charge in [0.2, 0.25) is 0 Å². The highest BCUT2D eigenvalue weighted by Crippen LogP contribution is 2.30. The van der Waals surface area contributed by atoms with E-state index in [0.29, 0.717) is 18.8 Å². The average molecular weight is 488 g/mol. The van der Waals surface area contributed by atoms with E-state index < -0.39 is 17.2 Å². The highest BCUT2D eigenvalue weighted by atomic mass is 35.5. The summed E-state index contributed by atoms with van der Waals surface area (Å²) in [6, 6.07) is 10.5. The lowest BCUT2D eigenvalue weighted by atomic mass is 10.1. The largest absolute Gasteiger partial charge is 0.487 e. The monoisotopic (exact) mass is 487 g/mol. The van der Waals surface area contributed by atoms with Crippen LogP contribution >= 0.6 is 11.6 Å². The number of benzene rings is 2. The molecule has 1 aromatic heterocycles. The fraction of sp³-hybridized carbons (Fsp3) is 0.280. The lowest BCUT2D eigenvalue weighted by Crippen LogP contribution is -2.38. The number of aromatic nitrogens is 1. The number of rotatable bonds is 5. The maximum atomic E-state index is 13.9. The van der Waals surface area contributed by atoms with Gasteiger partial charge in [-0.1, -0.05) is 23.7 Å². The van der Waals surface area contributed by atoms with Crippen LogP contribution in [0.15, 0.2) is 47.3 Å². The molecule has 0 aliphatic carbocycles. The summed E-state index contributed by atoms with van der Waals surface area (Å²) < 4.78 is 34.1. The Morgan fingerprint density at radius 3 is 2.62 bits per heavy atom. The van der Waals surface area contributed by atoms with E-state index in [4.69, 9.17) is 16.3 Å². The number of ether oxygens (including phenoxy) is 1. The van der Waals surface area contributed by atoms with Crippen molar-refractivity contribution in [1.82, 2.24) is 9.47 Å². The van der Waals surface area contributed by atoms with E-state index in [2.05, 4.69) is 0 Å². The van der Waals surface area contributed by atoms with E-state index in [9.17, 15) is 18.4 Å². The topological polar surface area (TPSA) is 54.8 Å². The summed E-state index contributed by atoms with van der Waals surface area (Å²) in [5.74, 6) is -1.28. The lowest BCUT2D eigenvalue weighted by molar-refractivity contribution is 0.224. The van der Waals surface area contributed by atoms with Gasteiger partial charge in [-0.15, -0.1) is 0 Å². The molecule has 3 aromatic rings. The van der Waals surface area contributed by atoms with Crippen molar-refractivity contribution in [1.29, 1.82) is 0 Å². The van der Waals surface area contributed by atoms with Crippen molar-refractivity contribution >= 4 is 23.3 Å². The summed E-state index contributed by atoms with van der Waals surface area (Å²) in [5.41, 5.74) is 3.17. The molecule has 9 heteroatoms. The second kappa shape index (κ2) is 9.46. The van der Waals surface area contributed by atoms with Crippen molar-refractivity contribution in [2.75, 3.05) is 25.5 Å². The molecule has 2 aromatic carbocycles. The average Bonchev–Trinajstić information content (AvgIpc) is 3.21. The van der Waals surface area contributed by atoms with E-state index >= 15 is 0 Å². The summed E-state index contributed by atoms with van der Waals surface area (Å²) in [6.45, 7) is 2.48. The predicted molar refractivity (Wildman–Crippen MR) is 127 cm³/mol. The SMILES string of the molecule is Cc1cc(OCc2ccc(F)cc2F)c(Cl)c(=O)n1Cc1ccc2c(c1)CCN2C(=O)N(C)C. The van der Waals surface area contributed by atoms with Crippen LogP contribution < -0.4 is 15.2 Å². The maximum absolute atomic E-state index is 13.9. The van der Waals surface area contributed by atoms with Crippen molar-refractivity contribution in [3.8, 4) is 5.75 Å². The summed E-state index contributed by atoms with van der Waals surface area (Å²) >= 11 is 6.28. The first-order valence-electron chi connectivity index (χ1n) is 10.7. The van der Waals surface area contributed by atoms with Crippen LogP contribution in [0.1, 0.15) is 22.4 Å². The minimum Gasteiger partial charge on any atom is -0.487 e. The molecule has 34 heavy (non-hydrogen) atoms. The number of hydrogen-bond donors (Lipinski definition) is 0. The molecule has 0 fully saturated rings. The van der Waals surface area contributed by atoms with Gasteiger partial charge < -0.3 is 14.2 Å². The Morgan fingerprint density at radius 1 is 1.15 bits per heavy atom.